The van der Waals surface area contributed by atoms with Crippen LogP contribution in [0.15, 0.2) is 42.5 Å². The molecule has 1 aliphatic carbocycles. The summed E-state index contributed by atoms with van der Waals surface area (Å²) in [6, 6.07) is 11.4. The van der Waals surface area contributed by atoms with Gasteiger partial charge in [0, 0.05) is 33.2 Å². The average Bonchev–Trinajstić information content (AvgIpc) is 3.24. The first-order valence-electron chi connectivity index (χ1n) is 10.3. The Balaban J connectivity index is 1.76. The van der Waals surface area contributed by atoms with Crippen LogP contribution in [-0.2, 0) is 16.1 Å². The van der Waals surface area contributed by atoms with E-state index in [0.717, 1.165) is 25.7 Å². The number of hydrogen-bond donors (Lipinski definition) is 1. The molecule has 166 valence electrons. The van der Waals surface area contributed by atoms with Crippen LogP contribution in [0.5, 0.6) is 5.75 Å². The second-order valence-electron chi connectivity index (χ2n) is 7.63. The van der Waals surface area contributed by atoms with Crippen LogP contribution in [0.1, 0.15) is 38.2 Å². The predicted molar refractivity (Wildman–Crippen MR) is 124 cm³/mol. The van der Waals surface area contributed by atoms with Gasteiger partial charge in [-0.2, -0.15) is 0 Å². The highest BCUT2D eigenvalue weighted by Gasteiger charge is 2.29. The predicted octanol–water partition coefficient (Wildman–Crippen LogP) is 5.50. The molecule has 8 heteroatoms. The number of benzene rings is 2. The van der Waals surface area contributed by atoms with E-state index in [1.165, 1.54) is 4.90 Å². The summed E-state index contributed by atoms with van der Waals surface area (Å²) < 4.78 is 5.62. The highest BCUT2D eigenvalue weighted by atomic mass is 35.5. The number of nitrogens with zero attached hydrogens (tertiary/aromatic N) is 1. The van der Waals surface area contributed by atoms with Crippen molar-refractivity contribution in [1.29, 1.82) is 0 Å². The van der Waals surface area contributed by atoms with Crippen molar-refractivity contribution in [3.05, 3.63) is 63.1 Å². The van der Waals surface area contributed by atoms with Crippen molar-refractivity contribution in [2.45, 2.75) is 51.2 Å². The molecule has 0 spiro atoms. The Morgan fingerprint density at radius 1 is 1.10 bits per heavy atom. The van der Waals surface area contributed by atoms with Crippen molar-refractivity contribution in [3.63, 3.8) is 0 Å². The lowest BCUT2D eigenvalue weighted by molar-refractivity contribution is -0.142. The normalized spacial score (nSPS) is 14.8. The number of carbonyl (C=O) groups excluding carboxylic acids is 2. The van der Waals surface area contributed by atoms with Crippen molar-refractivity contribution < 1.29 is 14.3 Å². The molecule has 3 rings (SSSR count). The largest absolute Gasteiger partial charge is 0.484 e. The number of hydrogen-bond acceptors (Lipinski definition) is 3. The first kappa shape index (κ1) is 23.7. The molecular formula is C23H25Cl3N2O3. The zero-order chi connectivity index (χ0) is 22.4. The number of halogens is 3. The van der Waals surface area contributed by atoms with E-state index in [4.69, 9.17) is 39.5 Å². The van der Waals surface area contributed by atoms with Gasteiger partial charge in [-0.05, 0) is 50.1 Å². The lowest BCUT2D eigenvalue weighted by Crippen LogP contribution is -2.50. The van der Waals surface area contributed by atoms with Crippen LogP contribution < -0.4 is 10.1 Å². The number of carbonyl (C=O) groups is 2. The Bertz CT molecular complexity index is 912. The third-order valence-electron chi connectivity index (χ3n) is 5.42. The van der Waals surface area contributed by atoms with Gasteiger partial charge in [-0.1, -0.05) is 59.8 Å². The minimum absolute atomic E-state index is 0.0928. The summed E-state index contributed by atoms with van der Waals surface area (Å²) in [4.78, 5) is 27.5. The van der Waals surface area contributed by atoms with Gasteiger partial charge in [0.2, 0.25) is 5.91 Å². The SMILES string of the molecule is CC(C(=O)NC1CCCC1)N(Cc1c(Cl)cccc1Cl)C(=O)COc1cccc(Cl)c1. The van der Waals surface area contributed by atoms with Gasteiger partial charge in [0.25, 0.3) is 5.91 Å². The maximum atomic E-state index is 13.1. The molecule has 5 nitrogen and oxygen atoms in total. The molecule has 0 saturated heterocycles. The van der Waals surface area contributed by atoms with Crippen LogP contribution in [0.2, 0.25) is 15.1 Å². The van der Waals surface area contributed by atoms with Gasteiger partial charge < -0.3 is 15.0 Å². The highest BCUT2D eigenvalue weighted by Crippen LogP contribution is 2.27. The fourth-order valence-electron chi connectivity index (χ4n) is 3.61. The summed E-state index contributed by atoms with van der Waals surface area (Å²) in [6.07, 6.45) is 4.12. The molecule has 1 N–H and O–H groups in total. The Kier molecular flexibility index (Phi) is 8.47. The molecule has 2 amide bonds. The second kappa shape index (κ2) is 11.1. The van der Waals surface area contributed by atoms with Crippen LogP contribution in [0.3, 0.4) is 0 Å². The van der Waals surface area contributed by atoms with Gasteiger partial charge >= 0.3 is 0 Å². The van der Waals surface area contributed by atoms with Crippen molar-refractivity contribution >= 4 is 46.6 Å². The third-order valence-corrected chi connectivity index (χ3v) is 6.36. The number of amides is 2. The zero-order valence-corrected chi connectivity index (χ0v) is 19.5. The summed E-state index contributed by atoms with van der Waals surface area (Å²) in [7, 11) is 0. The van der Waals surface area contributed by atoms with Gasteiger partial charge in [0.05, 0.1) is 0 Å². The van der Waals surface area contributed by atoms with Crippen LogP contribution in [0.4, 0.5) is 0 Å². The van der Waals surface area contributed by atoms with Crippen molar-refractivity contribution in [3.8, 4) is 5.75 Å². The third kappa shape index (κ3) is 6.52. The van der Waals surface area contributed by atoms with E-state index in [0.29, 0.717) is 26.4 Å². The Labute approximate surface area is 197 Å². The van der Waals surface area contributed by atoms with E-state index in [1.54, 1.807) is 49.4 Å². The lowest BCUT2D eigenvalue weighted by Gasteiger charge is -2.30. The molecule has 1 unspecified atom stereocenters. The number of nitrogens with one attached hydrogen (secondary N) is 1. The quantitative estimate of drug-likeness (QED) is 0.539. The van der Waals surface area contributed by atoms with E-state index in [-0.39, 0.29) is 31.0 Å². The van der Waals surface area contributed by atoms with Gasteiger partial charge in [0.1, 0.15) is 11.8 Å². The van der Waals surface area contributed by atoms with Crippen molar-refractivity contribution in [2.24, 2.45) is 0 Å². The lowest BCUT2D eigenvalue weighted by atomic mass is 10.1. The topological polar surface area (TPSA) is 58.6 Å². The summed E-state index contributed by atoms with van der Waals surface area (Å²) in [5, 5.41) is 4.43. The summed E-state index contributed by atoms with van der Waals surface area (Å²) in [6.45, 7) is 1.55. The van der Waals surface area contributed by atoms with E-state index in [2.05, 4.69) is 5.32 Å². The molecule has 31 heavy (non-hydrogen) atoms. The van der Waals surface area contributed by atoms with Crippen LogP contribution in [0, 0.1) is 0 Å². The molecule has 2 aromatic rings. The molecule has 0 bridgehead atoms. The minimum Gasteiger partial charge on any atom is -0.484 e. The van der Waals surface area contributed by atoms with E-state index >= 15 is 0 Å². The van der Waals surface area contributed by atoms with Gasteiger partial charge in [-0.25, -0.2) is 0 Å². The van der Waals surface area contributed by atoms with E-state index < -0.39 is 6.04 Å². The molecule has 0 aromatic heterocycles. The Morgan fingerprint density at radius 3 is 2.39 bits per heavy atom. The van der Waals surface area contributed by atoms with Crippen molar-refractivity contribution in [1.82, 2.24) is 10.2 Å². The monoisotopic (exact) mass is 482 g/mol. The van der Waals surface area contributed by atoms with Crippen LogP contribution >= 0.6 is 34.8 Å². The Morgan fingerprint density at radius 2 is 1.74 bits per heavy atom. The molecular weight excluding hydrogens is 459 g/mol. The minimum atomic E-state index is -0.719. The number of ether oxygens (including phenoxy) is 1. The molecule has 1 aliphatic rings. The molecule has 2 aromatic carbocycles. The Hall–Kier alpha value is -1.95. The molecule has 1 atom stereocenters. The van der Waals surface area contributed by atoms with Gasteiger partial charge in [0.15, 0.2) is 6.61 Å². The molecule has 0 heterocycles. The van der Waals surface area contributed by atoms with Gasteiger partial charge in [-0.3, -0.25) is 9.59 Å². The first-order chi connectivity index (χ1) is 14.8. The van der Waals surface area contributed by atoms with E-state index in [9.17, 15) is 9.59 Å². The van der Waals surface area contributed by atoms with Crippen molar-refractivity contribution in [2.75, 3.05) is 6.61 Å². The fraction of sp³-hybridized carbons (Fsp3) is 0.391. The zero-order valence-electron chi connectivity index (χ0n) is 17.2. The molecule has 0 radical (unpaired) electrons. The second-order valence-corrected chi connectivity index (χ2v) is 8.88. The maximum Gasteiger partial charge on any atom is 0.261 e. The molecule has 1 saturated carbocycles. The summed E-state index contributed by atoms with van der Waals surface area (Å²) in [5.41, 5.74) is 0.586. The standard InChI is InChI=1S/C23H25Cl3N2O3/c1-15(23(30)27-17-7-2-3-8-17)28(13-19-20(25)10-5-11-21(19)26)22(29)14-31-18-9-4-6-16(24)12-18/h4-6,9-12,15,17H,2-3,7-8,13-14H2,1H3,(H,27,30). The fourth-order valence-corrected chi connectivity index (χ4v) is 4.31. The molecule has 1 fully saturated rings. The molecule has 0 aliphatic heterocycles. The first-order valence-corrected chi connectivity index (χ1v) is 11.4. The van der Waals surface area contributed by atoms with Gasteiger partial charge in [-0.15, -0.1) is 0 Å². The smallest absolute Gasteiger partial charge is 0.261 e. The van der Waals surface area contributed by atoms with Crippen LogP contribution in [-0.4, -0.2) is 35.4 Å². The summed E-state index contributed by atoms with van der Waals surface area (Å²) >= 11 is 18.6. The summed E-state index contributed by atoms with van der Waals surface area (Å²) in [5.74, 6) is -0.0872. The van der Waals surface area contributed by atoms with Crippen LogP contribution in [0.25, 0.3) is 0 Å². The number of rotatable bonds is 8. The average molecular weight is 484 g/mol. The maximum absolute atomic E-state index is 13.1. The highest BCUT2D eigenvalue weighted by molar-refractivity contribution is 6.36. The van der Waals surface area contributed by atoms with E-state index in [1.807, 2.05) is 0 Å².